The van der Waals surface area contributed by atoms with Gasteiger partial charge in [-0.1, -0.05) is 30.3 Å². The number of nitrogens with zero attached hydrogens (tertiary/aromatic N) is 4. The fraction of sp³-hybridized carbons (Fsp3) is 0.348. The molecule has 3 aromatic heterocycles. The van der Waals surface area contributed by atoms with Crippen LogP contribution in [0.5, 0.6) is 0 Å². The van der Waals surface area contributed by atoms with Gasteiger partial charge < -0.3 is 14.4 Å². The summed E-state index contributed by atoms with van der Waals surface area (Å²) in [6.07, 6.45) is 3.59. The summed E-state index contributed by atoms with van der Waals surface area (Å²) >= 11 is 3.63. The molecular weight excluding hydrogens is 460 g/mol. The van der Waals surface area contributed by atoms with Gasteiger partial charge in [0.2, 0.25) is 0 Å². The number of fused-ring (bicyclic) bond motifs is 3. The van der Waals surface area contributed by atoms with Gasteiger partial charge in [0.15, 0.2) is 5.69 Å². The highest BCUT2D eigenvalue weighted by Gasteiger charge is 2.34. The second kappa shape index (κ2) is 7.76. The summed E-state index contributed by atoms with van der Waals surface area (Å²) in [6, 6.07) is 10.3. The van der Waals surface area contributed by atoms with Crippen molar-refractivity contribution in [1.82, 2.24) is 19.3 Å². The van der Waals surface area contributed by atoms with E-state index in [1.165, 1.54) is 0 Å². The predicted molar refractivity (Wildman–Crippen MR) is 122 cm³/mol. The lowest BCUT2D eigenvalue weighted by Gasteiger charge is -2.33. The summed E-state index contributed by atoms with van der Waals surface area (Å²) in [4.78, 5) is 16.9. The summed E-state index contributed by atoms with van der Waals surface area (Å²) in [5.74, 6) is -0.736. The molecule has 0 aliphatic carbocycles. The molecule has 0 radical (unpaired) electrons. The Morgan fingerprint density at radius 2 is 1.90 bits per heavy atom. The number of ether oxygens (including phenoxy) is 1. The molecule has 160 valence electrons. The maximum Gasteiger partial charge on any atom is 0.358 e. The number of halogens is 1. The maximum atomic E-state index is 12.2. The number of hydrogen-bond donors (Lipinski definition) is 1. The van der Waals surface area contributed by atoms with Gasteiger partial charge in [0.05, 0.1) is 11.6 Å². The predicted octanol–water partition coefficient (Wildman–Crippen LogP) is 4.71. The van der Waals surface area contributed by atoms with Crippen molar-refractivity contribution in [2.75, 3.05) is 13.2 Å². The number of aromatic nitrogens is 4. The van der Waals surface area contributed by atoms with Crippen molar-refractivity contribution >= 4 is 44.0 Å². The highest BCUT2D eigenvalue weighted by atomic mass is 79.9. The van der Waals surface area contributed by atoms with E-state index in [0.29, 0.717) is 24.6 Å². The molecule has 4 heterocycles. The van der Waals surface area contributed by atoms with Gasteiger partial charge in [0.25, 0.3) is 0 Å². The summed E-state index contributed by atoms with van der Waals surface area (Å²) in [6.45, 7) is 3.45. The number of hydrogen-bond acceptors (Lipinski definition) is 4. The van der Waals surface area contributed by atoms with Crippen LogP contribution in [0.15, 0.2) is 41.0 Å². The molecule has 4 aromatic rings. The van der Waals surface area contributed by atoms with Crippen molar-refractivity contribution in [2.45, 2.75) is 25.8 Å². The van der Waals surface area contributed by atoms with Crippen LogP contribution in [0.3, 0.4) is 0 Å². The van der Waals surface area contributed by atoms with Crippen LogP contribution in [0.25, 0.3) is 22.1 Å². The van der Waals surface area contributed by atoms with Crippen molar-refractivity contribution in [3.63, 3.8) is 0 Å². The number of carboxylic acid groups (broad SMARTS) is 1. The zero-order valence-electron chi connectivity index (χ0n) is 17.4. The third kappa shape index (κ3) is 3.16. The van der Waals surface area contributed by atoms with Crippen LogP contribution in [0.2, 0.25) is 0 Å². The number of pyridine rings is 1. The lowest BCUT2D eigenvalue weighted by Crippen LogP contribution is -2.27. The van der Waals surface area contributed by atoms with Crippen LogP contribution in [-0.2, 0) is 11.8 Å². The van der Waals surface area contributed by atoms with E-state index in [9.17, 15) is 9.90 Å². The molecule has 1 aliphatic rings. The Morgan fingerprint density at radius 1 is 1.19 bits per heavy atom. The molecule has 1 N–H and O–H groups in total. The lowest BCUT2D eigenvalue weighted by atomic mass is 9.86. The SMILES string of the molecule is Cc1c(Br)cnc2c3c(c(C(=O)O)nn3C)n(C(c3ccccc3)C3CCOCC3)c12. The molecule has 1 atom stereocenters. The van der Waals surface area contributed by atoms with Crippen LogP contribution >= 0.6 is 15.9 Å². The van der Waals surface area contributed by atoms with Gasteiger partial charge in [-0.2, -0.15) is 5.10 Å². The van der Waals surface area contributed by atoms with Gasteiger partial charge in [-0.15, -0.1) is 0 Å². The fourth-order valence-corrected chi connectivity index (χ4v) is 5.18. The van der Waals surface area contributed by atoms with E-state index in [1.807, 2.05) is 25.1 Å². The molecule has 1 fully saturated rings. The quantitative estimate of drug-likeness (QED) is 0.455. The Morgan fingerprint density at radius 3 is 2.58 bits per heavy atom. The minimum atomic E-state index is -1.04. The molecule has 8 heteroatoms. The highest BCUT2D eigenvalue weighted by molar-refractivity contribution is 9.10. The van der Waals surface area contributed by atoms with Crippen molar-refractivity contribution in [1.29, 1.82) is 0 Å². The molecule has 0 spiro atoms. The van der Waals surface area contributed by atoms with E-state index < -0.39 is 5.97 Å². The van der Waals surface area contributed by atoms with E-state index >= 15 is 0 Å². The molecule has 1 saturated heterocycles. The molecule has 1 aliphatic heterocycles. The zero-order valence-corrected chi connectivity index (χ0v) is 19.0. The van der Waals surface area contributed by atoms with Gasteiger partial charge in [-0.05, 0) is 52.7 Å². The van der Waals surface area contributed by atoms with Gasteiger partial charge in [-0.3, -0.25) is 9.67 Å². The second-order valence-electron chi connectivity index (χ2n) is 8.08. The average Bonchev–Trinajstić information content (AvgIpc) is 3.29. The second-order valence-corrected chi connectivity index (χ2v) is 8.93. The highest BCUT2D eigenvalue weighted by Crippen LogP contribution is 2.42. The Kier molecular flexibility index (Phi) is 5.06. The number of aromatic carboxylic acids is 1. The van der Waals surface area contributed by atoms with Crippen LogP contribution in [0, 0.1) is 12.8 Å². The average molecular weight is 483 g/mol. The number of carboxylic acids is 1. The van der Waals surface area contributed by atoms with Crippen LogP contribution in [0.4, 0.5) is 0 Å². The largest absolute Gasteiger partial charge is 0.476 e. The van der Waals surface area contributed by atoms with Crippen LogP contribution in [0.1, 0.15) is 40.5 Å². The first-order valence-electron chi connectivity index (χ1n) is 10.4. The molecule has 1 aromatic carbocycles. The number of benzene rings is 1. The number of aryl methyl sites for hydroxylation is 2. The molecule has 0 bridgehead atoms. The molecule has 0 amide bonds. The van der Waals surface area contributed by atoms with Gasteiger partial charge in [0.1, 0.15) is 16.6 Å². The number of carbonyl (C=O) groups is 1. The van der Waals surface area contributed by atoms with Crippen molar-refractivity contribution < 1.29 is 14.6 Å². The smallest absolute Gasteiger partial charge is 0.358 e. The Labute approximate surface area is 187 Å². The summed E-state index contributed by atoms with van der Waals surface area (Å²) in [5, 5.41) is 14.3. The minimum absolute atomic E-state index is 0.0535. The van der Waals surface area contributed by atoms with E-state index in [1.54, 1.807) is 17.9 Å². The Hall–Kier alpha value is -2.71. The maximum absolute atomic E-state index is 12.2. The lowest BCUT2D eigenvalue weighted by molar-refractivity contribution is 0.0551. The first-order chi connectivity index (χ1) is 15.0. The Bertz CT molecular complexity index is 1290. The van der Waals surface area contributed by atoms with Crippen LogP contribution in [-0.4, -0.2) is 43.6 Å². The standard InChI is InChI=1S/C23H23BrN4O3/c1-13-16(24)12-25-17-19(13)28(22-18(23(29)30)26-27(2)21(17)22)20(14-6-4-3-5-7-14)15-8-10-31-11-9-15/h3-7,12,15,20H,8-11H2,1-2H3,(H,29,30). The van der Waals surface area contributed by atoms with Gasteiger partial charge in [0, 0.05) is 30.9 Å². The first kappa shape index (κ1) is 20.2. The van der Waals surface area contributed by atoms with Crippen molar-refractivity contribution in [2.24, 2.45) is 13.0 Å². The normalized spacial score (nSPS) is 16.2. The molecular formula is C23H23BrN4O3. The number of rotatable bonds is 4. The van der Waals surface area contributed by atoms with E-state index in [2.05, 4.69) is 37.7 Å². The van der Waals surface area contributed by atoms with E-state index in [4.69, 9.17) is 9.72 Å². The van der Waals surface area contributed by atoms with Crippen molar-refractivity contribution in [3.8, 4) is 0 Å². The van der Waals surface area contributed by atoms with Gasteiger partial charge >= 0.3 is 5.97 Å². The third-order valence-corrected chi connectivity index (χ3v) is 7.11. The third-order valence-electron chi connectivity index (χ3n) is 6.31. The van der Waals surface area contributed by atoms with E-state index in [0.717, 1.165) is 45.0 Å². The summed E-state index contributed by atoms with van der Waals surface area (Å²) < 4.78 is 10.4. The Balaban J connectivity index is 1.93. The molecule has 7 nitrogen and oxygen atoms in total. The van der Waals surface area contributed by atoms with Crippen molar-refractivity contribution in [3.05, 3.63) is 57.8 Å². The molecule has 31 heavy (non-hydrogen) atoms. The minimum Gasteiger partial charge on any atom is -0.476 e. The molecule has 0 saturated carbocycles. The summed E-state index contributed by atoms with van der Waals surface area (Å²) in [7, 11) is 1.78. The first-order valence-corrected chi connectivity index (χ1v) is 11.2. The van der Waals surface area contributed by atoms with Crippen LogP contribution < -0.4 is 0 Å². The topological polar surface area (TPSA) is 82.2 Å². The molecule has 5 rings (SSSR count). The monoisotopic (exact) mass is 482 g/mol. The molecule has 1 unspecified atom stereocenters. The van der Waals surface area contributed by atoms with E-state index in [-0.39, 0.29) is 11.7 Å². The zero-order chi connectivity index (χ0) is 21.7. The summed E-state index contributed by atoms with van der Waals surface area (Å²) in [5.41, 5.74) is 5.32. The fourth-order valence-electron chi connectivity index (χ4n) is 4.89. The van der Waals surface area contributed by atoms with Gasteiger partial charge in [-0.25, -0.2) is 4.79 Å².